The third-order valence-corrected chi connectivity index (χ3v) is 21.2. The lowest BCUT2D eigenvalue weighted by atomic mass is 10.9. The van der Waals surface area contributed by atoms with Gasteiger partial charge in [-0.15, -0.1) is 94.1 Å². The van der Waals surface area contributed by atoms with Crippen molar-refractivity contribution in [1.29, 1.82) is 0 Å². The van der Waals surface area contributed by atoms with Gasteiger partial charge in [-0.25, -0.2) is 0 Å². The van der Waals surface area contributed by atoms with Crippen molar-refractivity contribution in [2.75, 3.05) is 92.2 Å². The average Bonchev–Trinajstić information content (AvgIpc) is 2.92. The molecule has 0 saturated heterocycles. The van der Waals surface area contributed by atoms with Crippen molar-refractivity contribution in [2.45, 2.75) is 0 Å². The van der Waals surface area contributed by atoms with Crippen molar-refractivity contribution < 1.29 is 28.9 Å². The highest BCUT2D eigenvalue weighted by Crippen LogP contribution is 2.24. The highest BCUT2D eigenvalue weighted by atomic mass is 32.3. The van der Waals surface area contributed by atoms with Crippen LogP contribution in [-0.4, -0.2) is 122 Å². The summed E-state index contributed by atoms with van der Waals surface area (Å²) in [6.45, 7) is 0. The Morgan fingerprint density at radius 2 is 0.923 bits per heavy atom. The molecule has 20 heteroatoms. The van der Waals surface area contributed by atoms with Crippen LogP contribution in [0, 0.1) is 0 Å². The Morgan fingerprint density at radius 3 is 1.44 bits per heavy atom. The standard InChI is InChI=1S/C19H36O6S14/c20-7-30-14-36-18(22)5-28-11-33-10-27-2-4-39(25)17-35-13-34-15-37-19(23)6-29-12-32-9-26-1-3-38(24)16-31-8-21/h20-21H,1-17H2. The molecule has 0 rings (SSSR count). The van der Waals surface area contributed by atoms with Gasteiger partial charge in [-0.1, -0.05) is 47.0 Å². The molecule has 0 aliphatic heterocycles. The Bertz CT molecular complexity index is 571. The second-order valence-corrected chi connectivity index (χ2v) is 24.9. The summed E-state index contributed by atoms with van der Waals surface area (Å²) in [5.74, 6) is 4.15. The maximum atomic E-state index is 12.1. The van der Waals surface area contributed by atoms with Crippen LogP contribution >= 0.6 is 141 Å². The molecule has 0 heterocycles. The monoisotopic (exact) mass is 808 g/mol. The van der Waals surface area contributed by atoms with Crippen LogP contribution in [0.4, 0.5) is 0 Å². The van der Waals surface area contributed by atoms with E-state index in [1.54, 1.807) is 94.1 Å². The zero-order valence-corrected chi connectivity index (χ0v) is 32.7. The predicted octanol–water partition coefficient (Wildman–Crippen LogP) is 5.85. The van der Waals surface area contributed by atoms with Gasteiger partial charge in [0.1, 0.15) is 11.5 Å². The first kappa shape index (κ1) is 43.1. The van der Waals surface area contributed by atoms with Crippen LogP contribution < -0.4 is 0 Å². The van der Waals surface area contributed by atoms with Crippen molar-refractivity contribution >= 4 is 174 Å². The number of carbonyl (C=O) groups is 2. The number of hydrogen-bond acceptors (Lipinski definition) is 18. The van der Waals surface area contributed by atoms with E-state index >= 15 is 0 Å². The van der Waals surface area contributed by atoms with Crippen LogP contribution in [0.15, 0.2) is 0 Å². The van der Waals surface area contributed by atoms with Crippen LogP contribution in [0.25, 0.3) is 0 Å². The Hall–Kier alpha value is 4.08. The van der Waals surface area contributed by atoms with Crippen molar-refractivity contribution in [3.63, 3.8) is 0 Å². The quantitative estimate of drug-likeness (QED) is 0.0512. The first-order chi connectivity index (χ1) is 19.0. The summed E-state index contributed by atoms with van der Waals surface area (Å²) >= 11 is 17.3. The first-order valence-corrected chi connectivity index (χ1v) is 27.5. The minimum absolute atomic E-state index is 0.0180. The molecule has 39 heavy (non-hydrogen) atoms. The summed E-state index contributed by atoms with van der Waals surface area (Å²) in [6.07, 6.45) is 0. The maximum Gasteiger partial charge on any atom is 0.199 e. The molecule has 6 nitrogen and oxygen atoms in total. The van der Waals surface area contributed by atoms with Gasteiger partial charge in [-0.3, -0.25) is 9.59 Å². The molecule has 2 N–H and O–H groups in total. The van der Waals surface area contributed by atoms with Crippen molar-refractivity contribution in [1.82, 2.24) is 0 Å². The average molecular weight is 809 g/mol. The molecule has 0 radical (unpaired) electrons. The van der Waals surface area contributed by atoms with Crippen molar-refractivity contribution in [2.24, 2.45) is 0 Å². The van der Waals surface area contributed by atoms with Crippen LogP contribution in [0.2, 0.25) is 0 Å². The molecular weight excluding hydrogens is 773 g/mol. The molecule has 232 valence electrons. The number of hydrogen-bond donors (Lipinski definition) is 2. The zero-order valence-electron chi connectivity index (χ0n) is 21.3. The van der Waals surface area contributed by atoms with E-state index in [1.807, 2.05) is 0 Å². The highest BCUT2D eigenvalue weighted by molar-refractivity contribution is 8.29. The van der Waals surface area contributed by atoms with E-state index in [0.717, 1.165) is 42.0 Å². The molecule has 0 bridgehead atoms. The van der Waals surface area contributed by atoms with Crippen LogP contribution in [0.3, 0.4) is 0 Å². The Morgan fingerprint density at radius 1 is 0.513 bits per heavy atom. The molecule has 0 aromatic rings. The van der Waals surface area contributed by atoms with E-state index in [-0.39, 0.29) is 22.1 Å². The van der Waals surface area contributed by atoms with E-state index in [4.69, 9.17) is 10.2 Å². The van der Waals surface area contributed by atoms with Gasteiger partial charge in [0.05, 0.1) is 23.4 Å². The summed E-state index contributed by atoms with van der Waals surface area (Å²) in [5, 5.41) is 24.6. The van der Waals surface area contributed by atoms with Gasteiger partial charge in [0.2, 0.25) is 0 Å². The fourth-order valence-electron chi connectivity index (χ4n) is 1.78. The lowest BCUT2D eigenvalue weighted by Gasteiger charge is -2.10. The maximum absolute atomic E-state index is 12.1. The second-order valence-electron chi connectivity index (χ2n) is 6.38. The van der Waals surface area contributed by atoms with Crippen LogP contribution in [0.1, 0.15) is 0 Å². The fraction of sp³-hybridized carbons (Fsp3) is 0.895. The fourth-order valence-corrected chi connectivity index (χ4v) is 18.0. The molecule has 0 aliphatic rings. The van der Waals surface area contributed by atoms with Gasteiger partial charge in [0.25, 0.3) is 0 Å². The van der Waals surface area contributed by atoms with E-state index < -0.39 is 22.4 Å². The smallest absolute Gasteiger partial charge is 0.199 e. The normalized spacial score (nSPS) is 13.0. The van der Waals surface area contributed by atoms with Crippen LogP contribution in [-0.2, 0) is 31.9 Å². The third kappa shape index (κ3) is 34.8. The topological polar surface area (TPSA) is 121 Å². The molecule has 2 atom stereocenters. The van der Waals surface area contributed by atoms with Gasteiger partial charge in [-0.05, 0) is 22.4 Å². The Labute approximate surface area is 291 Å². The summed E-state index contributed by atoms with van der Waals surface area (Å²) in [4.78, 5) is 23.5. The number of thioether (sulfide) groups is 12. The van der Waals surface area contributed by atoms with E-state index in [0.29, 0.717) is 38.3 Å². The van der Waals surface area contributed by atoms with Gasteiger partial charge < -0.3 is 19.3 Å². The number of rotatable bonds is 30. The van der Waals surface area contributed by atoms with Crippen LogP contribution in [0.5, 0.6) is 0 Å². The number of carbonyl (C=O) groups excluding carboxylic acids is 2. The Balaban J connectivity index is 3.35. The zero-order chi connectivity index (χ0) is 28.8. The number of aliphatic hydroxyl groups is 2. The second kappa shape index (κ2) is 34.9. The summed E-state index contributed by atoms with van der Waals surface area (Å²) < 4.78 is 23.7. The van der Waals surface area contributed by atoms with Crippen molar-refractivity contribution in [3.05, 3.63) is 0 Å². The molecule has 0 amide bonds. The summed E-state index contributed by atoms with van der Waals surface area (Å²) in [7, 11) is 0. The lowest BCUT2D eigenvalue weighted by molar-refractivity contribution is -0.109. The summed E-state index contributed by atoms with van der Waals surface area (Å²) in [6, 6.07) is 0. The minimum atomic E-state index is -0.862. The molecular formula is C19H36O6S14. The van der Waals surface area contributed by atoms with E-state index in [2.05, 4.69) is 0 Å². The number of aliphatic hydroxyl groups excluding tert-OH is 2. The van der Waals surface area contributed by atoms with E-state index in [1.165, 1.54) is 47.0 Å². The molecule has 0 fully saturated rings. The highest BCUT2D eigenvalue weighted by Gasteiger charge is 2.09. The van der Waals surface area contributed by atoms with Gasteiger partial charge in [0, 0.05) is 47.1 Å². The van der Waals surface area contributed by atoms with Crippen molar-refractivity contribution in [3.8, 4) is 0 Å². The van der Waals surface area contributed by atoms with Gasteiger partial charge in [0.15, 0.2) is 20.4 Å². The first-order valence-electron chi connectivity index (χ1n) is 11.0. The molecule has 0 aromatic carbocycles. The SMILES string of the molecule is O=C(CSCSCSCC[S+]([O-])CSCSCSC(=O)CSCSCSCC[S+]([O-])CSCO)SCSCO. The van der Waals surface area contributed by atoms with Gasteiger partial charge in [-0.2, -0.15) is 0 Å². The molecule has 0 aromatic heterocycles. The van der Waals surface area contributed by atoms with E-state index in [9.17, 15) is 18.7 Å². The third-order valence-electron chi connectivity index (χ3n) is 3.40. The molecule has 0 spiro atoms. The molecule has 0 aliphatic carbocycles. The summed E-state index contributed by atoms with van der Waals surface area (Å²) in [5.41, 5.74) is 0. The minimum Gasteiger partial charge on any atom is -0.616 e. The molecule has 0 saturated carbocycles. The Kier molecular flexibility index (Phi) is 38.6. The lowest BCUT2D eigenvalue weighted by Crippen LogP contribution is -2.11. The molecule has 2 unspecified atom stereocenters. The predicted molar refractivity (Wildman–Crippen MR) is 205 cm³/mol. The van der Waals surface area contributed by atoms with Gasteiger partial charge >= 0.3 is 0 Å². The largest absolute Gasteiger partial charge is 0.616 e.